The van der Waals surface area contributed by atoms with Crippen LogP contribution < -0.4 is 5.32 Å². The monoisotopic (exact) mass is 165 g/mol. The molecule has 0 bridgehead atoms. The molecule has 1 N–H and O–H groups in total. The van der Waals surface area contributed by atoms with Crippen LogP contribution in [0, 0.1) is 11.8 Å². The molecule has 1 nitrogen and oxygen atoms in total. The summed E-state index contributed by atoms with van der Waals surface area (Å²) in [6, 6.07) is 1.86. The second-order valence-electron chi connectivity index (χ2n) is 4.98. The molecule has 1 heteroatoms. The SMILES string of the molecule is C1CC(C2CCC2NC2CC2)C1. The highest BCUT2D eigenvalue weighted by Gasteiger charge is 2.41. The average Bonchev–Trinajstić information content (AvgIpc) is 2.72. The van der Waals surface area contributed by atoms with Crippen molar-refractivity contribution in [1.29, 1.82) is 0 Å². The van der Waals surface area contributed by atoms with Crippen LogP contribution in [0.4, 0.5) is 0 Å². The molecule has 3 aliphatic rings. The molecule has 0 aromatic rings. The van der Waals surface area contributed by atoms with E-state index in [4.69, 9.17) is 0 Å². The van der Waals surface area contributed by atoms with Gasteiger partial charge in [-0.1, -0.05) is 19.3 Å². The molecule has 0 spiro atoms. The van der Waals surface area contributed by atoms with Crippen LogP contribution in [0.2, 0.25) is 0 Å². The zero-order valence-electron chi connectivity index (χ0n) is 7.76. The molecule has 0 aliphatic heterocycles. The van der Waals surface area contributed by atoms with Crippen LogP contribution in [-0.2, 0) is 0 Å². The molecule has 3 rings (SSSR count). The molecule has 3 fully saturated rings. The summed E-state index contributed by atoms with van der Waals surface area (Å²) in [6.07, 6.45) is 10.5. The number of nitrogens with one attached hydrogen (secondary N) is 1. The Hall–Kier alpha value is -0.0400. The quantitative estimate of drug-likeness (QED) is 0.676. The maximum Gasteiger partial charge on any atom is 0.0101 e. The van der Waals surface area contributed by atoms with Crippen LogP contribution in [0.25, 0.3) is 0 Å². The summed E-state index contributed by atoms with van der Waals surface area (Å²) in [4.78, 5) is 0. The summed E-state index contributed by atoms with van der Waals surface area (Å²) in [5.41, 5.74) is 0. The third-order valence-corrected chi connectivity index (χ3v) is 4.11. The number of hydrogen-bond acceptors (Lipinski definition) is 1. The fourth-order valence-corrected chi connectivity index (χ4v) is 2.72. The predicted octanol–water partition coefficient (Wildman–Crippen LogP) is 2.32. The zero-order valence-corrected chi connectivity index (χ0v) is 7.76. The highest BCUT2D eigenvalue weighted by Crippen LogP contribution is 2.44. The van der Waals surface area contributed by atoms with Gasteiger partial charge in [0.2, 0.25) is 0 Å². The third kappa shape index (κ3) is 1.19. The molecule has 0 saturated heterocycles. The van der Waals surface area contributed by atoms with Crippen molar-refractivity contribution in [2.45, 2.75) is 57.0 Å². The summed E-state index contributed by atoms with van der Waals surface area (Å²) in [5.74, 6) is 2.20. The van der Waals surface area contributed by atoms with E-state index in [-0.39, 0.29) is 0 Å². The van der Waals surface area contributed by atoms with Crippen molar-refractivity contribution in [3.63, 3.8) is 0 Å². The molecule has 0 aromatic carbocycles. The standard InChI is InChI=1S/C11H19N/c1-2-8(3-1)10-6-7-11(10)12-9-4-5-9/h8-12H,1-7H2. The fourth-order valence-electron chi connectivity index (χ4n) is 2.72. The van der Waals surface area contributed by atoms with E-state index < -0.39 is 0 Å². The van der Waals surface area contributed by atoms with Gasteiger partial charge in [0, 0.05) is 12.1 Å². The Morgan fingerprint density at radius 2 is 1.67 bits per heavy atom. The van der Waals surface area contributed by atoms with E-state index in [9.17, 15) is 0 Å². The lowest BCUT2D eigenvalue weighted by atomic mass is 9.64. The first kappa shape index (κ1) is 7.37. The van der Waals surface area contributed by atoms with E-state index in [2.05, 4.69) is 5.32 Å². The zero-order chi connectivity index (χ0) is 7.97. The Kier molecular flexibility index (Phi) is 1.68. The van der Waals surface area contributed by atoms with Crippen LogP contribution >= 0.6 is 0 Å². The van der Waals surface area contributed by atoms with Crippen molar-refractivity contribution in [2.24, 2.45) is 11.8 Å². The molecular weight excluding hydrogens is 146 g/mol. The highest BCUT2D eigenvalue weighted by molar-refractivity contribution is 4.97. The van der Waals surface area contributed by atoms with Crippen LogP contribution in [-0.4, -0.2) is 12.1 Å². The summed E-state index contributed by atoms with van der Waals surface area (Å²) >= 11 is 0. The number of rotatable bonds is 3. The molecule has 12 heavy (non-hydrogen) atoms. The molecule has 68 valence electrons. The largest absolute Gasteiger partial charge is 0.311 e. The van der Waals surface area contributed by atoms with Crippen molar-refractivity contribution in [3.8, 4) is 0 Å². The van der Waals surface area contributed by atoms with Gasteiger partial charge in [-0.2, -0.15) is 0 Å². The molecule has 0 radical (unpaired) electrons. The van der Waals surface area contributed by atoms with Gasteiger partial charge in [0.15, 0.2) is 0 Å². The Balaban J connectivity index is 1.50. The van der Waals surface area contributed by atoms with E-state index in [1.54, 1.807) is 0 Å². The van der Waals surface area contributed by atoms with Gasteiger partial charge >= 0.3 is 0 Å². The van der Waals surface area contributed by atoms with Gasteiger partial charge in [-0.25, -0.2) is 0 Å². The summed E-state index contributed by atoms with van der Waals surface area (Å²) in [5, 5.41) is 3.79. The first-order valence-electron chi connectivity index (χ1n) is 5.69. The van der Waals surface area contributed by atoms with Gasteiger partial charge in [-0.15, -0.1) is 0 Å². The van der Waals surface area contributed by atoms with E-state index in [0.717, 1.165) is 23.9 Å². The minimum absolute atomic E-state index is 0.929. The van der Waals surface area contributed by atoms with Crippen LogP contribution in [0.5, 0.6) is 0 Å². The molecule has 2 atom stereocenters. The van der Waals surface area contributed by atoms with Crippen molar-refractivity contribution < 1.29 is 0 Å². The summed E-state index contributed by atoms with van der Waals surface area (Å²) < 4.78 is 0. The average molecular weight is 165 g/mol. The molecule has 0 aromatic heterocycles. The second kappa shape index (κ2) is 2.73. The Morgan fingerprint density at radius 3 is 2.08 bits per heavy atom. The van der Waals surface area contributed by atoms with Gasteiger partial charge in [-0.3, -0.25) is 0 Å². The van der Waals surface area contributed by atoms with E-state index in [1.807, 2.05) is 0 Å². The normalized spacial score (nSPS) is 42.0. The molecule has 2 unspecified atom stereocenters. The molecule has 3 aliphatic carbocycles. The lowest BCUT2D eigenvalue weighted by Gasteiger charge is -2.46. The minimum Gasteiger partial charge on any atom is -0.311 e. The first-order chi connectivity index (χ1) is 5.93. The lowest BCUT2D eigenvalue weighted by Crippen LogP contribution is -2.49. The third-order valence-electron chi connectivity index (χ3n) is 4.11. The lowest BCUT2D eigenvalue weighted by molar-refractivity contribution is 0.0812. The van der Waals surface area contributed by atoms with Gasteiger partial charge in [0.05, 0.1) is 0 Å². The molecule has 3 saturated carbocycles. The van der Waals surface area contributed by atoms with Gasteiger partial charge in [0.1, 0.15) is 0 Å². The highest BCUT2D eigenvalue weighted by atomic mass is 15.0. The van der Waals surface area contributed by atoms with Crippen molar-refractivity contribution in [2.75, 3.05) is 0 Å². The van der Waals surface area contributed by atoms with Gasteiger partial charge < -0.3 is 5.32 Å². The fraction of sp³-hybridized carbons (Fsp3) is 1.00. The van der Waals surface area contributed by atoms with Crippen molar-refractivity contribution in [1.82, 2.24) is 5.32 Å². The Labute approximate surface area is 74.9 Å². The molecular formula is C11H19N. The van der Waals surface area contributed by atoms with Crippen molar-refractivity contribution in [3.05, 3.63) is 0 Å². The van der Waals surface area contributed by atoms with Gasteiger partial charge in [-0.05, 0) is 37.5 Å². The van der Waals surface area contributed by atoms with Crippen LogP contribution in [0.1, 0.15) is 44.9 Å². The van der Waals surface area contributed by atoms with E-state index >= 15 is 0 Å². The molecule has 0 amide bonds. The Morgan fingerprint density at radius 1 is 0.833 bits per heavy atom. The smallest absolute Gasteiger partial charge is 0.0101 e. The molecule has 0 heterocycles. The Bertz CT molecular complexity index is 170. The summed E-state index contributed by atoms with van der Waals surface area (Å²) in [6.45, 7) is 0. The predicted molar refractivity (Wildman–Crippen MR) is 50.0 cm³/mol. The maximum atomic E-state index is 3.79. The number of hydrogen-bond donors (Lipinski definition) is 1. The van der Waals surface area contributed by atoms with Crippen molar-refractivity contribution >= 4 is 0 Å². The van der Waals surface area contributed by atoms with E-state index in [1.165, 1.54) is 44.9 Å². The summed E-state index contributed by atoms with van der Waals surface area (Å²) in [7, 11) is 0. The van der Waals surface area contributed by atoms with Gasteiger partial charge in [0.25, 0.3) is 0 Å². The van der Waals surface area contributed by atoms with Crippen LogP contribution in [0.15, 0.2) is 0 Å². The van der Waals surface area contributed by atoms with Crippen LogP contribution in [0.3, 0.4) is 0 Å². The van der Waals surface area contributed by atoms with E-state index in [0.29, 0.717) is 0 Å². The minimum atomic E-state index is 0.929. The second-order valence-corrected chi connectivity index (χ2v) is 4.98. The maximum absolute atomic E-state index is 3.79. The first-order valence-corrected chi connectivity index (χ1v) is 5.69. The topological polar surface area (TPSA) is 12.0 Å².